The Morgan fingerprint density at radius 3 is 2.66 bits per heavy atom. The molecule has 29 heavy (non-hydrogen) atoms. The van der Waals surface area contributed by atoms with Crippen molar-refractivity contribution in [2.24, 2.45) is 0 Å². The highest BCUT2D eigenvalue weighted by atomic mass is 16.5. The first-order chi connectivity index (χ1) is 14.0. The van der Waals surface area contributed by atoms with Gasteiger partial charge >= 0.3 is 11.6 Å². The summed E-state index contributed by atoms with van der Waals surface area (Å²) in [5, 5.41) is 3.20. The molecule has 3 aromatic rings. The molecule has 0 radical (unpaired) electrons. The molecule has 0 unspecified atom stereocenters. The first kappa shape index (κ1) is 20.1. The Labute approximate surface area is 167 Å². The van der Waals surface area contributed by atoms with Crippen LogP contribution in [0.2, 0.25) is 0 Å². The van der Waals surface area contributed by atoms with Crippen molar-refractivity contribution >= 4 is 22.8 Å². The number of nitrogens with one attached hydrogen (secondary N) is 1. The maximum Gasteiger partial charge on any atom is 0.336 e. The van der Waals surface area contributed by atoms with Crippen LogP contribution in [0.25, 0.3) is 11.0 Å². The number of hydrogen-bond donors (Lipinski definition) is 1. The maximum absolute atomic E-state index is 12.2. The summed E-state index contributed by atoms with van der Waals surface area (Å²) in [4.78, 5) is 36.1. The van der Waals surface area contributed by atoms with Gasteiger partial charge in [0.15, 0.2) is 0 Å². The van der Waals surface area contributed by atoms with Crippen molar-refractivity contribution in [1.29, 1.82) is 0 Å². The highest BCUT2D eigenvalue weighted by Crippen LogP contribution is 2.20. The number of hydrogen-bond acceptors (Lipinski definition) is 6. The normalized spacial score (nSPS) is 10.6. The van der Waals surface area contributed by atoms with Crippen LogP contribution in [-0.2, 0) is 22.6 Å². The number of esters is 1. The number of carbonyl (C=O) groups excluding carboxylic acids is 2. The zero-order chi connectivity index (χ0) is 20.8. The number of para-hydroxylation sites is 1. The highest BCUT2D eigenvalue weighted by molar-refractivity contribution is 5.98. The van der Waals surface area contributed by atoms with Gasteiger partial charge in [0.2, 0.25) is 0 Å². The molecule has 1 N–H and O–H groups in total. The molecule has 0 fully saturated rings. The quantitative estimate of drug-likeness (QED) is 0.488. The summed E-state index contributed by atoms with van der Waals surface area (Å²) in [6, 6.07) is 13.6. The van der Waals surface area contributed by atoms with E-state index in [1.807, 2.05) is 19.1 Å². The van der Waals surface area contributed by atoms with Crippen LogP contribution in [0.5, 0.6) is 5.75 Å². The van der Waals surface area contributed by atoms with E-state index < -0.39 is 17.5 Å². The van der Waals surface area contributed by atoms with E-state index in [4.69, 9.17) is 13.9 Å². The fourth-order valence-corrected chi connectivity index (χ4v) is 2.90. The molecule has 150 valence electrons. The predicted molar refractivity (Wildman–Crippen MR) is 107 cm³/mol. The monoisotopic (exact) mass is 395 g/mol. The predicted octanol–water partition coefficient (Wildman–Crippen LogP) is 2.84. The van der Waals surface area contributed by atoms with Gasteiger partial charge in [0.1, 0.15) is 24.5 Å². The largest absolute Gasteiger partial charge is 0.496 e. The third-order valence-electron chi connectivity index (χ3n) is 4.44. The van der Waals surface area contributed by atoms with E-state index in [2.05, 4.69) is 5.32 Å². The Morgan fingerprint density at radius 1 is 1.10 bits per heavy atom. The van der Waals surface area contributed by atoms with Gasteiger partial charge in [0.05, 0.1) is 12.7 Å². The van der Waals surface area contributed by atoms with Crippen LogP contribution in [0, 0.1) is 0 Å². The van der Waals surface area contributed by atoms with Gasteiger partial charge in [0.25, 0.3) is 5.91 Å². The average Bonchev–Trinajstić information content (AvgIpc) is 2.74. The lowest BCUT2D eigenvalue weighted by molar-refractivity contribution is -0.143. The fourth-order valence-electron chi connectivity index (χ4n) is 2.90. The molecule has 0 aliphatic rings. The molecule has 0 aliphatic heterocycles. The Hall–Kier alpha value is -3.61. The molecule has 0 aliphatic carbocycles. The molecule has 1 aromatic heterocycles. The van der Waals surface area contributed by atoms with Crippen LogP contribution in [0.3, 0.4) is 0 Å². The summed E-state index contributed by atoms with van der Waals surface area (Å²) in [7, 11) is 1.46. The summed E-state index contributed by atoms with van der Waals surface area (Å²) < 4.78 is 15.6. The molecule has 0 saturated heterocycles. The minimum atomic E-state index is -0.625. The molecule has 7 heteroatoms. The second kappa shape index (κ2) is 9.05. The van der Waals surface area contributed by atoms with Crippen LogP contribution < -0.4 is 15.7 Å². The zero-order valence-corrected chi connectivity index (χ0v) is 16.2. The number of carbonyl (C=O) groups is 2. The van der Waals surface area contributed by atoms with Crippen LogP contribution in [0.15, 0.2) is 57.7 Å². The minimum Gasteiger partial charge on any atom is -0.496 e. The summed E-state index contributed by atoms with van der Waals surface area (Å²) in [5.74, 6) is -0.663. The van der Waals surface area contributed by atoms with E-state index in [1.54, 1.807) is 30.3 Å². The van der Waals surface area contributed by atoms with Gasteiger partial charge in [-0.3, -0.25) is 9.59 Å². The Morgan fingerprint density at radius 2 is 1.90 bits per heavy atom. The SMILES string of the molecule is CCc1ccc2c(COC(=O)CNC(=O)c3ccccc3OC)cc(=O)oc2c1. The second-order valence-electron chi connectivity index (χ2n) is 6.32. The van der Waals surface area contributed by atoms with Gasteiger partial charge in [-0.2, -0.15) is 0 Å². The van der Waals surface area contributed by atoms with Crippen LogP contribution in [-0.4, -0.2) is 25.5 Å². The van der Waals surface area contributed by atoms with Crippen LogP contribution in [0.1, 0.15) is 28.4 Å². The Balaban J connectivity index is 1.64. The Kier molecular flexibility index (Phi) is 6.29. The van der Waals surface area contributed by atoms with Gasteiger partial charge in [0, 0.05) is 17.0 Å². The van der Waals surface area contributed by atoms with Crippen molar-refractivity contribution in [2.75, 3.05) is 13.7 Å². The van der Waals surface area contributed by atoms with Crippen molar-refractivity contribution in [3.8, 4) is 5.75 Å². The summed E-state index contributed by atoms with van der Waals surface area (Å²) >= 11 is 0. The Bertz CT molecular complexity index is 1100. The lowest BCUT2D eigenvalue weighted by Crippen LogP contribution is -2.30. The third kappa shape index (κ3) is 4.82. The fraction of sp³-hybridized carbons (Fsp3) is 0.227. The molecule has 0 atom stereocenters. The number of aryl methyl sites for hydroxylation is 1. The van der Waals surface area contributed by atoms with E-state index >= 15 is 0 Å². The van der Waals surface area contributed by atoms with Gasteiger partial charge in [-0.15, -0.1) is 0 Å². The first-order valence-electron chi connectivity index (χ1n) is 9.14. The number of benzene rings is 2. The molecule has 3 rings (SSSR count). The van der Waals surface area contributed by atoms with Gasteiger partial charge < -0.3 is 19.2 Å². The third-order valence-corrected chi connectivity index (χ3v) is 4.44. The van der Waals surface area contributed by atoms with Crippen LogP contribution in [0.4, 0.5) is 0 Å². The lowest BCUT2D eigenvalue weighted by Gasteiger charge is -2.10. The van der Waals surface area contributed by atoms with Crippen LogP contribution >= 0.6 is 0 Å². The molecule has 2 aromatic carbocycles. The maximum atomic E-state index is 12.2. The van der Waals surface area contributed by atoms with Crippen molar-refractivity contribution in [3.05, 3.63) is 75.6 Å². The van der Waals surface area contributed by atoms with Gasteiger partial charge in [-0.25, -0.2) is 4.79 Å². The van der Waals surface area contributed by atoms with Gasteiger partial charge in [-0.1, -0.05) is 31.2 Å². The standard InChI is InChI=1S/C22H21NO6/c1-3-14-8-9-16-15(11-20(24)29-19(16)10-14)13-28-21(25)12-23-22(26)17-6-4-5-7-18(17)27-2/h4-11H,3,12-13H2,1-2H3,(H,23,26). The molecule has 0 saturated carbocycles. The molecule has 0 bridgehead atoms. The number of fused-ring (bicyclic) bond motifs is 1. The first-order valence-corrected chi connectivity index (χ1v) is 9.14. The van der Waals surface area contributed by atoms with Gasteiger partial charge in [-0.05, 0) is 30.2 Å². The second-order valence-corrected chi connectivity index (χ2v) is 6.32. The van der Waals surface area contributed by atoms with E-state index in [9.17, 15) is 14.4 Å². The smallest absolute Gasteiger partial charge is 0.336 e. The van der Waals surface area contributed by atoms with Crippen molar-refractivity contribution < 1.29 is 23.5 Å². The molecule has 0 spiro atoms. The molecular formula is C22H21NO6. The lowest BCUT2D eigenvalue weighted by atomic mass is 10.1. The van der Waals surface area contributed by atoms with Crippen molar-refractivity contribution in [2.45, 2.75) is 20.0 Å². The number of amides is 1. The number of methoxy groups -OCH3 is 1. The van der Waals surface area contributed by atoms with E-state index in [-0.39, 0.29) is 13.2 Å². The topological polar surface area (TPSA) is 94.8 Å². The van der Waals surface area contributed by atoms with Crippen molar-refractivity contribution in [3.63, 3.8) is 0 Å². The van der Waals surface area contributed by atoms with E-state index in [0.717, 1.165) is 12.0 Å². The zero-order valence-electron chi connectivity index (χ0n) is 16.2. The number of rotatable bonds is 7. The minimum absolute atomic E-state index is 0.100. The summed E-state index contributed by atoms with van der Waals surface area (Å²) in [6.07, 6.45) is 0.810. The molecule has 7 nitrogen and oxygen atoms in total. The molecular weight excluding hydrogens is 374 g/mol. The molecule has 1 heterocycles. The average molecular weight is 395 g/mol. The highest BCUT2D eigenvalue weighted by Gasteiger charge is 2.14. The summed E-state index contributed by atoms with van der Waals surface area (Å²) in [5.41, 5.74) is 1.84. The van der Waals surface area contributed by atoms with E-state index in [0.29, 0.717) is 27.8 Å². The molecule has 1 amide bonds. The summed E-state index contributed by atoms with van der Waals surface area (Å²) in [6.45, 7) is 1.59. The van der Waals surface area contributed by atoms with E-state index in [1.165, 1.54) is 13.2 Å². The number of ether oxygens (including phenoxy) is 2. The van der Waals surface area contributed by atoms with Crippen molar-refractivity contribution in [1.82, 2.24) is 5.32 Å².